The Morgan fingerprint density at radius 2 is 2.13 bits per heavy atom. The van der Waals surface area contributed by atoms with Crippen molar-refractivity contribution in [1.29, 1.82) is 0 Å². The summed E-state index contributed by atoms with van der Waals surface area (Å²) in [5.41, 5.74) is -1.26. The third kappa shape index (κ3) is 4.37. The molecule has 128 valence electrons. The molecule has 6 nitrogen and oxygen atoms in total. The molecule has 2 amide bonds. The molecule has 0 aromatic rings. The molecule has 1 fully saturated rings. The summed E-state index contributed by atoms with van der Waals surface area (Å²) in [6.45, 7) is 9.29. The fraction of sp³-hybridized carbons (Fsp3) is 0.625. The maximum Gasteiger partial charge on any atom is 0.326 e. The summed E-state index contributed by atoms with van der Waals surface area (Å²) in [5, 5.41) is 2.49. The number of allylic oxidation sites excluding steroid dienone is 1. The van der Waals surface area contributed by atoms with Crippen molar-refractivity contribution >= 4 is 35.1 Å². The van der Waals surface area contributed by atoms with Crippen LogP contribution in [-0.4, -0.2) is 40.9 Å². The van der Waals surface area contributed by atoms with Crippen molar-refractivity contribution in [2.75, 3.05) is 13.2 Å². The molecule has 7 heteroatoms. The highest BCUT2D eigenvalue weighted by Crippen LogP contribution is 2.35. The first-order valence-electron chi connectivity index (χ1n) is 7.72. The van der Waals surface area contributed by atoms with Crippen LogP contribution in [0.1, 0.15) is 40.0 Å². The SMILES string of the molecule is C=CCC1(CCC(C)C)C(=O)NC(=S)N(CC(=O)OCC)C1=O. The molecule has 0 saturated carbocycles. The zero-order chi connectivity index (χ0) is 17.6. The molecule has 1 aliphatic heterocycles. The van der Waals surface area contributed by atoms with Gasteiger partial charge in [0, 0.05) is 0 Å². The number of carbonyl (C=O) groups is 3. The van der Waals surface area contributed by atoms with Crippen molar-refractivity contribution < 1.29 is 19.1 Å². The van der Waals surface area contributed by atoms with Gasteiger partial charge in [-0.1, -0.05) is 19.9 Å². The molecule has 23 heavy (non-hydrogen) atoms. The van der Waals surface area contributed by atoms with Gasteiger partial charge in [0.05, 0.1) is 6.61 Å². The van der Waals surface area contributed by atoms with E-state index < -0.39 is 23.2 Å². The number of nitrogens with zero attached hydrogens (tertiary/aromatic N) is 1. The van der Waals surface area contributed by atoms with Crippen LogP contribution in [0.2, 0.25) is 0 Å². The van der Waals surface area contributed by atoms with E-state index in [1.807, 2.05) is 13.8 Å². The van der Waals surface area contributed by atoms with Gasteiger partial charge in [-0.15, -0.1) is 6.58 Å². The summed E-state index contributed by atoms with van der Waals surface area (Å²) in [4.78, 5) is 38.3. The minimum atomic E-state index is -1.26. The van der Waals surface area contributed by atoms with E-state index in [-0.39, 0.29) is 24.7 Å². The van der Waals surface area contributed by atoms with Crippen LogP contribution in [0, 0.1) is 11.3 Å². The molecule has 1 heterocycles. The average Bonchev–Trinajstić information content (AvgIpc) is 2.47. The lowest BCUT2D eigenvalue weighted by Gasteiger charge is -2.40. The van der Waals surface area contributed by atoms with Crippen LogP contribution in [-0.2, 0) is 19.1 Å². The second-order valence-corrected chi connectivity index (χ2v) is 6.35. The third-order valence-corrected chi connectivity index (χ3v) is 4.11. The van der Waals surface area contributed by atoms with Gasteiger partial charge in [0.25, 0.3) is 0 Å². The molecule has 1 aliphatic rings. The van der Waals surface area contributed by atoms with Gasteiger partial charge in [-0.2, -0.15) is 0 Å². The number of esters is 1. The summed E-state index contributed by atoms with van der Waals surface area (Å²) in [6, 6.07) is 0. The number of nitrogens with one attached hydrogen (secondary N) is 1. The van der Waals surface area contributed by atoms with Gasteiger partial charge in [0.15, 0.2) is 5.11 Å². The zero-order valence-corrected chi connectivity index (χ0v) is 14.7. The highest BCUT2D eigenvalue weighted by atomic mass is 32.1. The molecule has 0 bridgehead atoms. The number of amides is 2. The number of thiocarbonyl (C=S) groups is 1. The summed E-state index contributed by atoms with van der Waals surface area (Å²) < 4.78 is 4.87. The molecular formula is C16H24N2O4S. The molecule has 0 aromatic heterocycles. The van der Waals surface area contributed by atoms with Crippen LogP contribution in [0.15, 0.2) is 12.7 Å². The van der Waals surface area contributed by atoms with Crippen molar-refractivity contribution in [3.8, 4) is 0 Å². The van der Waals surface area contributed by atoms with Crippen LogP contribution in [0.25, 0.3) is 0 Å². The summed E-state index contributed by atoms with van der Waals surface area (Å²) in [5.74, 6) is -1.10. The Morgan fingerprint density at radius 1 is 1.48 bits per heavy atom. The Morgan fingerprint density at radius 3 is 2.65 bits per heavy atom. The van der Waals surface area contributed by atoms with Crippen LogP contribution in [0.5, 0.6) is 0 Å². The summed E-state index contributed by atoms with van der Waals surface area (Å²) >= 11 is 5.05. The smallest absolute Gasteiger partial charge is 0.326 e. The summed E-state index contributed by atoms with van der Waals surface area (Å²) in [7, 11) is 0. The van der Waals surface area contributed by atoms with E-state index in [0.717, 1.165) is 4.90 Å². The van der Waals surface area contributed by atoms with Crippen molar-refractivity contribution in [3.05, 3.63) is 12.7 Å². The normalized spacial score (nSPS) is 21.4. The first-order chi connectivity index (χ1) is 10.8. The second kappa shape index (κ2) is 8.19. The topological polar surface area (TPSA) is 75.7 Å². The average molecular weight is 340 g/mol. The molecule has 0 radical (unpaired) electrons. The van der Waals surface area contributed by atoms with E-state index in [0.29, 0.717) is 18.8 Å². The Balaban J connectivity index is 3.09. The standard InChI is InChI=1S/C16H24N2O4S/c1-5-8-16(9-7-11(3)4)13(20)17-15(23)18(14(16)21)10-12(19)22-6-2/h5,11H,1,6-10H2,2-4H3,(H,17,20,23). The number of hydrogen-bond acceptors (Lipinski definition) is 5. The Kier molecular flexibility index (Phi) is 6.87. The minimum Gasteiger partial charge on any atom is -0.465 e. The van der Waals surface area contributed by atoms with Gasteiger partial charge in [-0.3, -0.25) is 19.3 Å². The van der Waals surface area contributed by atoms with Crippen LogP contribution < -0.4 is 5.32 Å². The molecule has 1 N–H and O–H groups in total. The van der Waals surface area contributed by atoms with Crippen molar-refractivity contribution in [2.45, 2.75) is 40.0 Å². The molecular weight excluding hydrogens is 316 g/mol. The monoisotopic (exact) mass is 340 g/mol. The maximum atomic E-state index is 12.9. The number of carbonyl (C=O) groups excluding carboxylic acids is 3. The highest BCUT2D eigenvalue weighted by Gasteiger charge is 2.51. The number of rotatable bonds is 8. The predicted octanol–water partition coefficient (Wildman–Crippen LogP) is 1.79. The Bertz CT molecular complexity index is 518. The quantitative estimate of drug-likeness (QED) is 0.315. The molecule has 1 unspecified atom stereocenters. The van der Waals surface area contributed by atoms with Crippen LogP contribution in [0.3, 0.4) is 0 Å². The lowest BCUT2D eigenvalue weighted by atomic mass is 9.75. The second-order valence-electron chi connectivity index (χ2n) is 5.96. The van der Waals surface area contributed by atoms with Gasteiger partial charge in [-0.05, 0) is 44.3 Å². The van der Waals surface area contributed by atoms with E-state index in [1.54, 1.807) is 13.0 Å². The molecule has 1 atom stereocenters. The first kappa shape index (κ1) is 19.3. The lowest BCUT2D eigenvalue weighted by Crippen LogP contribution is -2.64. The highest BCUT2D eigenvalue weighted by molar-refractivity contribution is 7.80. The Hall–Kier alpha value is -1.76. The fourth-order valence-electron chi connectivity index (χ4n) is 2.50. The van der Waals surface area contributed by atoms with E-state index in [9.17, 15) is 14.4 Å². The fourth-order valence-corrected chi connectivity index (χ4v) is 2.74. The number of ether oxygens (including phenoxy) is 1. The molecule has 0 aromatic carbocycles. The van der Waals surface area contributed by atoms with E-state index in [1.165, 1.54) is 0 Å². The number of hydrogen-bond donors (Lipinski definition) is 1. The van der Waals surface area contributed by atoms with E-state index in [2.05, 4.69) is 11.9 Å². The largest absolute Gasteiger partial charge is 0.465 e. The molecule has 1 rings (SSSR count). The van der Waals surface area contributed by atoms with E-state index in [4.69, 9.17) is 17.0 Å². The summed E-state index contributed by atoms with van der Waals surface area (Å²) in [6.07, 6.45) is 2.83. The Labute approximate surface area is 142 Å². The van der Waals surface area contributed by atoms with Gasteiger partial charge in [-0.25, -0.2) is 0 Å². The predicted molar refractivity (Wildman–Crippen MR) is 90.4 cm³/mol. The van der Waals surface area contributed by atoms with Gasteiger partial charge < -0.3 is 10.1 Å². The lowest BCUT2D eigenvalue weighted by molar-refractivity contribution is -0.156. The molecule has 1 saturated heterocycles. The molecule has 0 spiro atoms. The van der Waals surface area contributed by atoms with Crippen LogP contribution >= 0.6 is 12.2 Å². The van der Waals surface area contributed by atoms with Crippen LogP contribution in [0.4, 0.5) is 0 Å². The van der Waals surface area contributed by atoms with Crippen molar-refractivity contribution in [3.63, 3.8) is 0 Å². The zero-order valence-electron chi connectivity index (χ0n) is 13.9. The van der Waals surface area contributed by atoms with Crippen molar-refractivity contribution in [1.82, 2.24) is 10.2 Å². The van der Waals surface area contributed by atoms with Crippen molar-refractivity contribution in [2.24, 2.45) is 11.3 Å². The van der Waals surface area contributed by atoms with Gasteiger partial charge in [0.2, 0.25) is 11.8 Å². The minimum absolute atomic E-state index is 0.0581. The van der Waals surface area contributed by atoms with Gasteiger partial charge >= 0.3 is 5.97 Å². The molecule has 0 aliphatic carbocycles. The first-order valence-corrected chi connectivity index (χ1v) is 8.13. The van der Waals surface area contributed by atoms with E-state index >= 15 is 0 Å². The third-order valence-electron chi connectivity index (χ3n) is 3.79. The van der Waals surface area contributed by atoms with Gasteiger partial charge in [0.1, 0.15) is 12.0 Å². The maximum absolute atomic E-state index is 12.9.